The number of carboxylic acids is 1. The van der Waals surface area contributed by atoms with E-state index in [0.717, 1.165) is 5.57 Å². The highest BCUT2D eigenvalue weighted by atomic mass is 16.5. The molecule has 202 valence electrons. The number of carbonyl (C=O) groups is 5. The Kier molecular flexibility index (Phi) is 6.84. The number of hydrogen-bond acceptors (Lipinski definition) is 7. The predicted octanol–water partition coefficient (Wildman–Crippen LogP) is 3.24. The number of likely N-dealkylation sites (tertiary alicyclic amines) is 1. The SMILES string of the molecule is COc1cc(C=CC2C3=CCC4C(=O)N(CCCC(=O)O)C(=O)C4C3CC3=C2C(=O)C(C)=CC3=O)ccc1O. The fourth-order valence-electron chi connectivity index (χ4n) is 6.32. The second-order valence-corrected chi connectivity index (χ2v) is 10.4. The van der Waals surface area contributed by atoms with Crippen molar-refractivity contribution in [1.82, 2.24) is 4.90 Å². The number of phenols is 1. The van der Waals surface area contributed by atoms with Gasteiger partial charge in [-0.05, 0) is 55.9 Å². The predicted molar refractivity (Wildman–Crippen MR) is 139 cm³/mol. The van der Waals surface area contributed by atoms with Gasteiger partial charge in [0, 0.05) is 35.6 Å². The fraction of sp³-hybridized carbons (Fsp3) is 0.367. The number of ether oxygens (including phenoxy) is 1. The van der Waals surface area contributed by atoms with Gasteiger partial charge in [0.1, 0.15) is 0 Å². The van der Waals surface area contributed by atoms with Crippen LogP contribution < -0.4 is 4.74 Å². The van der Waals surface area contributed by atoms with E-state index in [4.69, 9.17) is 9.84 Å². The Morgan fingerprint density at radius 1 is 1.15 bits per heavy atom. The standard InChI is InChI=1S/C30H29NO8/c1-15-12-23(33)21-14-20-17(8-9-19-27(20)30(38)31(29(19)37)11-3-4-25(34)35)18(26(21)28(15)36)7-5-16-6-10-22(32)24(13-16)39-2/h5-8,10,12-13,18-20,27,32H,3-4,9,11,14H2,1-2H3,(H,34,35). The summed E-state index contributed by atoms with van der Waals surface area (Å²) in [5.74, 6) is -4.09. The normalized spacial score (nSPS) is 26.4. The molecule has 0 radical (unpaired) electrons. The maximum Gasteiger partial charge on any atom is 0.303 e. The van der Waals surface area contributed by atoms with Crippen LogP contribution in [0.3, 0.4) is 0 Å². The van der Waals surface area contributed by atoms with Crippen molar-refractivity contribution < 1.29 is 38.9 Å². The van der Waals surface area contributed by atoms with Crippen molar-refractivity contribution in [2.45, 2.75) is 32.6 Å². The molecular weight excluding hydrogens is 502 g/mol. The van der Waals surface area contributed by atoms with Crippen molar-refractivity contribution in [3.63, 3.8) is 0 Å². The minimum Gasteiger partial charge on any atom is -0.504 e. The number of phenolic OH excluding ortho intramolecular Hbond substituents is 1. The van der Waals surface area contributed by atoms with Gasteiger partial charge in [0.15, 0.2) is 23.1 Å². The van der Waals surface area contributed by atoms with Crippen LogP contribution in [0, 0.1) is 23.7 Å². The summed E-state index contributed by atoms with van der Waals surface area (Å²) in [5, 5.41) is 18.9. The molecule has 1 fully saturated rings. The quantitative estimate of drug-likeness (QED) is 0.311. The summed E-state index contributed by atoms with van der Waals surface area (Å²) in [7, 11) is 1.45. The molecule has 2 amide bonds. The van der Waals surface area contributed by atoms with Gasteiger partial charge in [-0.1, -0.05) is 29.9 Å². The van der Waals surface area contributed by atoms with Crippen LogP contribution in [0.25, 0.3) is 6.08 Å². The highest BCUT2D eigenvalue weighted by Gasteiger charge is 2.55. The molecule has 0 aromatic heterocycles. The summed E-state index contributed by atoms with van der Waals surface area (Å²) in [5.41, 5.74) is 2.67. The number of aliphatic carboxylic acids is 1. The van der Waals surface area contributed by atoms with Crippen molar-refractivity contribution >= 4 is 35.4 Å². The number of carboxylic acid groups (broad SMARTS) is 1. The smallest absolute Gasteiger partial charge is 0.303 e. The van der Waals surface area contributed by atoms with Crippen LogP contribution in [0.15, 0.2) is 58.7 Å². The molecule has 2 N–H and O–H groups in total. The summed E-state index contributed by atoms with van der Waals surface area (Å²) in [6.45, 7) is 1.65. The van der Waals surface area contributed by atoms with Gasteiger partial charge in [0.2, 0.25) is 11.8 Å². The Hall–Kier alpha value is -4.27. The average molecular weight is 532 g/mol. The molecule has 9 nitrogen and oxygen atoms in total. The number of carbonyl (C=O) groups excluding carboxylic acids is 4. The molecule has 0 bridgehead atoms. The van der Waals surface area contributed by atoms with Crippen LogP contribution in [0.5, 0.6) is 11.5 Å². The number of methoxy groups -OCH3 is 1. The summed E-state index contributed by atoms with van der Waals surface area (Å²) in [4.78, 5) is 65.3. The molecular formula is C30H29NO8. The van der Waals surface area contributed by atoms with Crippen molar-refractivity contribution in [2.75, 3.05) is 13.7 Å². The second kappa shape index (κ2) is 10.1. The van der Waals surface area contributed by atoms with Crippen LogP contribution in [-0.4, -0.2) is 58.1 Å². The maximum absolute atomic E-state index is 13.5. The molecule has 4 unspecified atom stereocenters. The lowest BCUT2D eigenvalue weighted by atomic mass is 9.60. The first-order chi connectivity index (χ1) is 18.6. The number of imide groups is 1. The molecule has 0 saturated carbocycles. The van der Waals surface area contributed by atoms with Crippen LogP contribution in [0.1, 0.15) is 38.2 Å². The molecule has 0 spiro atoms. The summed E-state index contributed by atoms with van der Waals surface area (Å²) in [6, 6.07) is 4.85. The third kappa shape index (κ3) is 4.51. The lowest BCUT2D eigenvalue weighted by Gasteiger charge is -2.41. The van der Waals surface area contributed by atoms with E-state index in [-0.39, 0.29) is 54.9 Å². The van der Waals surface area contributed by atoms with Crippen LogP contribution in [-0.2, 0) is 24.0 Å². The Morgan fingerprint density at radius 3 is 2.64 bits per heavy atom. The van der Waals surface area contributed by atoms with Gasteiger partial charge in [-0.3, -0.25) is 28.9 Å². The van der Waals surface area contributed by atoms with E-state index in [1.165, 1.54) is 24.2 Å². The van der Waals surface area contributed by atoms with E-state index in [1.807, 2.05) is 12.2 Å². The highest BCUT2D eigenvalue weighted by molar-refractivity contribution is 6.23. The third-order valence-corrected chi connectivity index (χ3v) is 8.16. The molecule has 1 aromatic rings. The number of Topliss-reactive ketones (excluding diaryl/α,β-unsaturated/α-hetero) is 1. The first-order valence-corrected chi connectivity index (χ1v) is 12.9. The Labute approximate surface area is 225 Å². The van der Waals surface area contributed by atoms with Gasteiger partial charge in [-0.2, -0.15) is 0 Å². The molecule has 1 aliphatic heterocycles. The van der Waals surface area contributed by atoms with E-state index in [9.17, 15) is 29.1 Å². The number of aromatic hydroxyl groups is 1. The number of hydrogen-bond donors (Lipinski definition) is 2. The first-order valence-electron chi connectivity index (χ1n) is 12.9. The second-order valence-electron chi connectivity index (χ2n) is 10.4. The van der Waals surface area contributed by atoms with Gasteiger partial charge < -0.3 is 14.9 Å². The van der Waals surface area contributed by atoms with Gasteiger partial charge in [-0.25, -0.2) is 0 Å². The number of nitrogens with zero attached hydrogens (tertiary/aromatic N) is 1. The van der Waals surface area contributed by atoms with E-state index < -0.39 is 29.6 Å². The van der Waals surface area contributed by atoms with E-state index in [2.05, 4.69) is 0 Å². The maximum atomic E-state index is 13.5. The van der Waals surface area contributed by atoms with Gasteiger partial charge in [0.25, 0.3) is 0 Å². The Morgan fingerprint density at radius 2 is 1.92 bits per heavy atom. The molecule has 5 rings (SSSR count). The Bertz CT molecular complexity index is 1430. The number of benzene rings is 1. The minimum absolute atomic E-state index is 0.00968. The highest BCUT2D eigenvalue weighted by Crippen LogP contribution is 2.52. The van der Waals surface area contributed by atoms with Crippen molar-refractivity contribution in [2.24, 2.45) is 23.7 Å². The molecule has 1 saturated heterocycles. The number of fused-ring (bicyclic) bond motifs is 3. The number of allylic oxidation sites excluding steroid dienone is 7. The number of amides is 2. The fourth-order valence-corrected chi connectivity index (χ4v) is 6.32. The van der Waals surface area contributed by atoms with Gasteiger partial charge >= 0.3 is 5.97 Å². The first kappa shape index (κ1) is 26.3. The van der Waals surface area contributed by atoms with E-state index in [1.54, 1.807) is 25.1 Å². The Balaban J connectivity index is 1.53. The van der Waals surface area contributed by atoms with E-state index in [0.29, 0.717) is 34.5 Å². The van der Waals surface area contributed by atoms with Crippen LogP contribution in [0.2, 0.25) is 0 Å². The molecule has 1 heterocycles. The van der Waals surface area contributed by atoms with Crippen molar-refractivity contribution in [1.29, 1.82) is 0 Å². The average Bonchev–Trinajstić information content (AvgIpc) is 3.15. The zero-order valence-corrected chi connectivity index (χ0v) is 21.7. The topological polar surface area (TPSA) is 138 Å². The third-order valence-electron chi connectivity index (χ3n) is 8.16. The van der Waals surface area contributed by atoms with Crippen molar-refractivity contribution in [3.8, 4) is 11.5 Å². The number of ketones is 2. The van der Waals surface area contributed by atoms with Gasteiger partial charge in [-0.15, -0.1) is 0 Å². The van der Waals surface area contributed by atoms with Crippen molar-refractivity contribution in [3.05, 3.63) is 64.3 Å². The lowest BCUT2D eigenvalue weighted by molar-refractivity contribution is -0.142. The van der Waals surface area contributed by atoms with Gasteiger partial charge in [0.05, 0.1) is 18.9 Å². The number of rotatable bonds is 7. The summed E-state index contributed by atoms with van der Waals surface area (Å²) < 4.78 is 5.20. The molecule has 1 aromatic carbocycles. The summed E-state index contributed by atoms with van der Waals surface area (Å²) >= 11 is 0. The molecule has 3 aliphatic carbocycles. The lowest BCUT2D eigenvalue weighted by Crippen LogP contribution is -2.40. The molecule has 4 aliphatic rings. The zero-order valence-electron chi connectivity index (χ0n) is 21.7. The molecule has 39 heavy (non-hydrogen) atoms. The monoisotopic (exact) mass is 531 g/mol. The van der Waals surface area contributed by atoms with Crippen LogP contribution >= 0.6 is 0 Å². The minimum atomic E-state index is -0.994. The van der Waals surface area contributed by atoms with E-state index >= 15 is 0 Å². The van der Waals surface area contributed by atoms with Crippen LogP contribution in [0.4, 0.5) is 0 Å². The molecule has 9 heteroatoms. The zero-order chi connectivity index (χ0) is 28.0. The summed E-state index contributed by atoms with van der Waals surface area (Å²) in [6.07, 6.45) is 7.43. The largest absolute Gasteiger partial charge is 0.504 e. The molecule has 4 atom stereocenters.